The van der Waals surface area contributed by atoms with E-state index in [9.17, 15) is 0 Å². The number of fused-ring (bicyclic) bond motifs is 2. The summed E-state index contributed by atoms with van der Waals surface area (Å²) in [6.07, 6.45) is 11.9. The fourth-order valence-corrected chi connectivity index (χ4v) is 4.50. The van der Waals surface area contributed by atoms with E-state index < -0.39 is 0 Å². The second kappa shape index (κ2) is 7.93. The summed E-state index contributed by atoms with van der Waals surface area (Å²) >= 11 is 0. The Hall–Kier alpha value is -2.76. The first-order chi connectivity index (χ1) is 15.3. The zero-order chi connectivity index (χ0) is 24.2. The highest BCUT2D eigenvalue weighted by molar-refractivity contribution is 5.71. The molecule has 0 saturated carbocycles. The molecule has 0 aromatic carbocycles. The van der Waals surface area contributed by atoms with Gasteiger partial charge in [-0.05, 0) is 39.7 Å². The van der Waals surface area contributed by atoms with Crippen molar-refractivity contribution in [1.82, 2.24) is 28.9 Å². The van der Waals surface area contributed by atoms with E-state index in [0.717, 1.165) is 46.7 Å². The molecule has 0 amide bonds. The number of rotatable bonds is 5. The molecular formula is C27H38N6. The Balaban J connectivity index is 1.60. The minimum Gasteiger partial charge on any atom is -0.326 e. The molecule has 6 heteroatoms. The number of imidazole rings is 1. The van der Waals surface area contributed by atoms with Crippen LogP contribution >= 0.6 is 0 Å². The first kappa shape index (κ1) is 23.4. The van der Waals surface area contributed by atoms with Crippen LogP contribution < -0.4 is 0 Å². The van der Waals surface area contributed by atoms with Crippen LogP contribution in [0.1, 0.15) is 98.3 Å². The molecule has 176 valence electrons. The SMILES string of the molecule is CC(CCC(C)(C)c1nc(C(C)(C)C)c2cnccn12)c1cnc2ccn(C(C)(C)C)c2n1. The normalized spacial score (nSPS) is 14.3. The van der Waals surface area contributed by atoms with Gasteiger partial charge < -0.3 is 4.57 Å². The highest BCUT2D eigenvalue weighted by Gasteiger charge is 2.31. The van der Waals surface area contributed by atoms with Crippen molar-refractivity contribution in [2.24, 2.45) is 0 Å². The van der Waals surface area contributed by atoms with Gasteiger partial charge in [-0.15, -0.1) is 0 Å². The number of nitrogens with zero attached hydrogens (tertiary/aromatic N) is 6. The molecule has 1 atom stereocenters. The quantitative estimate of drug-likeness (QED) is 0.356. The van der Waals surface area contributed by atoms with Crippen molar-refractivity contribution in [1.29, 1.82) is 0 Å². The van der Waals surface area contributed by atoms with Crippen molar-refractivity contribution >= 4 is 16.7 Å². The van der Waals surface area contributed by atoms with Crippen LogP contribution in [0.15, 0.2) is 37.1 Å². The molecule has 1 unspecified atom stereocenters. The lowest BCUT2D eigenvalue weighted by Gasteiger charge is -2.25. The number of hydrogen-bond acceptors (Lipinski definition) is 4. The summed E-state index contributed by atoms with van der Waals surface area (Å²) in [5, 5.41) is 0. The van der Waals surface area contributed by atoms with E-state index in [1.165, 1.54) is 0 Å². The van der Waals surface area contributed by atoms with Gasteiger partial charge in [0.2, 0.25) is 0 Å². The number of hydrogen-bond donors (Lipinski definition) is 0. The van der Waals surface area contributed by atoms with Crippen LogP contribution in [0.3, 0.4) is 0 Å². The number of aromatic nitrogens is 6. The van der Waals surface area contributed by atoms with Gasteiger partial charge in [-0.3, -0.25) is 14.4 Å². The Labute approximate surface area is 197 Å². The lowest BCUT2D eigenvalue weighted by molar-refractivity contribution is 0.405. The van der Waals surface area contributed by atoms with Gasteiger partial charge in [0.15, 0.2) is 5.65 Å². The molecule has 0 aliphatic rings. The maximum Gasteiger partial charge on any atom is 0.159 e. The molecule has 0 aliphatic heterocycles. The minimum absolute atomic E-state index is 0.0262. The van der Waals surface area contributed by atoms with Crippen LogP contribution in [0.25, 0.3) is 16.7 Å². The molecule has 4 aromatic rings. The van der Waals surface area contributed by atoms with Crippen molar-refractivity contribution in [3.05, 3.63) is 54.3 Å². The maximum atomic E-state index is 5.15. The molecule has 4 rings (SSSR count). The highest BCUT2D eigenvalue weighted by Crippen LogP contribution is 2.35. The van der Waals surface area contributed by atoms with Gasteiger partial charge in [0, 0.05) is 47.1 Å². The molecule has 0 spiro atoms. The lowest BCUT2D eigenvalue weighted by atomic mass is 9.83. The fraction of sp³-hybridized carbons (Fsp3) is 0.556. The summed E-state index contributed by atoms with van der Waals surface area (Å²) in [5.74, 6) is 1.40. The zero-order valence-corrected chi connectivity index (χ0v) is 21.6. The largest absolute Gasteiger partial charge is 0.326 e. The van der Waals surface area contributed by atoms with Crippen molar-refractivity contribution in [3.63, 3.8) is 0 Å². The monoisotopic (exact) mass is 446 g/mol. The molecule has 0 bridgehead atoms. The summed E-state index contributed by atoms with van der Waals surface area (Å²) in [7, 11) is 0. The Morgan fingerprint density at radius 3 is 2.33 bits per heavy atom. The molecule has 4 aromatic heterocycles. The third-order valence-corrected chi connectivity index (χ3v) is 6.60. The van der Waals surface area contributed by atoms with E-state index in [0.29, 0.717) is 5.92 Å². The van der Waals surface area contributed by atoms with E-state index in [4.69, 9.17) is 15.0 Å². The van der Waals surface area contributed by atoms with Gasteiger partial charge in [-0.1, -0.05) is 41.5 Å². The second-order valence-corrected chi connectivity index (χ2v) is 12.0. The van der Waals surface area contributed by atoms with E-state index in [1.54, 1.807) is 0 Å². The van der Waals surface area contributed by atoms with Gasteiger partial charge >= 0.3 is 0 Å². The molecule has 0 N–H and O–H groups in total. The summed E-state index contributed by atoms with van der Waals surface area (Å²) in [6.45, 7) is 20.1. The topological polar surface area (TPSA) is 60.9 Å². The summed E-state index contributed by atoms with van der Waals surface area (Å²) in [5.41, 5.74) is 5.01. The fourth-order valence-electron chi connectivity index (χ4n) is 4.50. The van der Waals surface area contributed by atoms with Crippen molar-refractivity contribution < 1.29 is 0 Å². The molecule has 33 heavy (non-hydrogen) atoms. The highest BCUT2D eigenvalue weighted by atomic mass is 15.1. The molecule has 0 saturated heterocycles. The predicted octanol–water partition coefficient (Wildman–Crippen LogP) is 6.39. The molecular weight excluding hydrogens is 408 g/mol. The molecule has 4 heterocycles. The Morgan fingerprint density at radius 2 is 1.67 bits per heavy atom. The first-order valence-corrected chi connectivity index (χ1v) is 12.0. The molecule has 0 radical (unpaired) electrons. The molecule has 0 fully saturated rings. The first-order valence-electron chi connectivity index (χ1n) is 12.0. The standard InChI is InChI=1S/C27H38N6/c1-18(20-16-29-19-11-14-33(23(19)30-20)26(5,6)7)10-12-27(8,9)24-31-22(25(2,3)4)21-17-28-13-15-32(21)24/h11,13-18H,10,12H2,1-9H3. The lowest BCUT2D eigenvalue weighted by Crippen LogP contribution is -2.22. The van der Waals surface area contributed by atoms with Crippen LogP contribution in [0.5, 0.6) is 0 Å². The van der Waals surface area contributed by atoms with Gasteiger partial charge in [0.25, 0.3) is 0 Å². The Bertz CT molecular complexity index is 1280. The van der Waals surface area contributed by atoms with Crippen molar-refractivity contribution in [2.75, 3.05) is 0 Å². The van der Waals surface area contributed by atoms with E-state index in [2.05, 4.69) is 88.5 Å². The Kier molecular flexibility index (Phi) is 5.62. The van der Waals surface area contributed by atoms with Crippen molar-refractivity contribution in [3.8, 4) is 0 Å². The Morgan fingerprint density at radius 1 is 0.939 bits per heavy atom. The van der Waals surface area contributed by atoms with Crippen LogP contribution in [-0.4, -0.2) is 28.9 Å². The second-order valence-electron chi connectivity index (χ2n) is 12.0. The van der Waals surface area contributed by atoms with E-state index in [-0.39, 0.29) is 16.4 Å². The average Bonchev–Trinajstić information content (AvgIpc) is 3.33. The summed E-state index contributed by atoms with van der Waals surface area (Å²) < 4.78 is 4.44. The summed E-state index contributed by atoms with van der Waals surface area (Å²) in [4.78, 5) is 19.2. The molecule has 6 nitrogen and oxygen atoms in total. The van der Waals surface area contributed by atoms with E-state index in [1.807, 2.05) is 24.8 Å². The van der Waals surface area contributed by atoms with Crippen LogP contribution in [0, 0.1) is 0 Å². The average molecular weight is 447 g/mol. The smallest absolute Gasteiger partial charge is 0.159 e. The maximum absolute atomic E-state index is 5.15. The van der Waals surface area contributed by atoms with Crippen LogP contribution in [0.4, 0.5) is 0 Å². The molecule has 0 aliphatic carbocycles. The predicted molar refractivity (Wildman–Crippen MR) is 135 cm³/mol. The van der Waals surface area contributed by atoms with Crippen LogP contribution in [0.2, 0.25) is 0 Å². The van der Waals surface area contributed by atoms with Gasteiger partial charge in [0.05, 0.1) is 23.1 Å². The van der Waals surface area contributed by atoms with Gasteiger partial charge in [0.1, 0.15) is 11.3 Å². The zero-order valence-electron chi connectivity index (χ0n) is 21.6. The third-order valence-electron chi connectivity index (χ3n) is 6.60. The minimum atomic E-state index is -0.0921. The van der Waals surface area contributed by atoms with E-state index >= 15 is 0 Å². The van der Waals surface area contributed by atoms with Crippen LogP contribution in [-0.2, 0) is 16.4 Å². The van der Waals surface area contributed by atoms with Gasteiger partial charge in [-0.25, -0.2) is 9.97 Å². The van der Waals surface area contributed by atoms with Crippen molar-refractivity contribution in [2.45, 2.75) is 97.4 Å². The van der Waals surface area contributed by atoms with Gasteiger partial charge in [-0.2, -0.15) is 0 Å². The third kappa shape index (κ3) is 4.40. The summed E-state index contributed by atoms with van der Waals surface area (Å²) in [6, 6.07) is 2.05.